The molecule has 188 valence electrons. The Morgan fingerprint density at radius 3 is 2.59 bits per heavy atom. The number of H-pyrrole nitrogens is 1. The summed E-state index contributed by atoms with van der Waals surface area (Å²) >= 11 is 12.2. The number of halogens is 2. The monoisotopic (exact) mass is 537 g/mol. The highest BCUT2D eigenvalue weighted by molar-refractivity contribution is 6.51. The number of hydrogen-bond donors (Lipinski definition) is 3. The zero-order valence-electron chi connectivity index (χ0n) is 19.8. The predicted octanol–water partition coefficient (Wildman–Crippen LogP) is 5.91. The minimum Gasteiger partial charge on any atom is -0.507 e. The lowest BCUT2D eigenvalue weighted by molar-refractivity contribution is -0.132. The maximum Gasteiger partial charge on any atom is 0.302 e. The van der Waals surface area contributed by atoms with E-state index in [1.165, 1.54) is 35.2 Å². The number of aromatic amines is 1. The van der Waals surface area contributed by atoms with E-state index in [0.717, 1.165) is 5.56 Å². The Hall–Kier alpha value is -4.01. The van der Waals surface area contributed by atoms with Crippen molar-refractivity contribution >= 4 is 57.6 Å². The molecule has 4 aromatic rings. The van der Waals surface area contributed by atoms with Crippen molar-refractivity contribution in [2.24, 2.45) is 0 Å². The van der Waals surface area contributed by atoms with Gasteiger partial charge in [0.1, 0.15) is 5.76 Å². The summed E-state index contributed by atoms with van der Waals surface area (Å²) in [5.41, 5.74) is 2.72. The van der Waals surface area contributed by atoms with Gasteiger partial charge in [-0.15, -0.1) is 0 Å². The number of phenolic OH excluding ortho intramolecular Hbond substituents is 1. The molecule has 1 atom stereocenters. The van der Waals surface area contributed by atoms with Gasteiger partial charge in [0, 0.05) is 5.56 Å². The molecule has 1 aliphatic rings. The van der Waals surface area contributed by atoms with Gasteiger partial charge in [-0.25, -0.2) is 4.98 Å². The minimum atomic E-state index is -1.09. The Bertz CT molecular complexity index is 1610. The van der Waals surface area contributed by atoms with Crippen molar-refractivity contribution in [2.45, 2.75) is 19.9 Å². The van der Waals surface area contributed by atoms with E-state index >= 15 is 0 Å². The van der Waals surface area contributed by atoms with Crippen LogP contribution in [0.1, 0.15) is 29.7 Å². The number of Topliss-reactive ketones (excluding diaryl/α,β-unsaturated/α-hetero) is 1. The second kappa shape index (κ2) is 9.46. The van der Waals surface area contributed by atoms with Crippen LogP contribution < -0.4 is 9.64 Å². The van der Waals surface area contributed by atoms with Crippen molar-refractivity contribution in [1.29, 1.82) is 0 Å². The summed E-state index contributed by atoms with van der Waals surface area (Å²) in [7, 11) is 0. The van der Waals surface area contributed by atoms with E-state index in [1.54, 1.807) is 19.1 Å². The van der Waals surface area contributed by atoms with Gasteiger partial charge in [0.2, 0.25) is 5.95 Å². The van der Waals surface area contributed by atoms with E-state index in [9.17, 15) is 19.8 Å². The number of ether oxygens (including phenoxy) is 1. The van der Waals surface area contributed by atoms with Crippen LogP contribution >= 0.6 is 23.2 Å². The fourth-order valence-corrected chi connectivity index (χ4v) is 4.66. The van der Waals surface area contributed by atoms with E-state index in [0.29, 0.717) is 16.6 Å². The number of hydrogen-bond acceptors (Lipinski definition) is 6. The van der Waals surface area contributed by atoms with Gasteiger partial charge in [-0.1, -0.05) is 35.3 Å². The van der Waals surface area contributed by atoms with Crippen molar-refractivity contribution in [3.63, 3.8) is 0 Å². The third kappa shape index (κ3) is 4.28. The molecular formula is C27H21Cl2N3O5. The van der Waals surface area contributed by atoms with Crippen LogP contribution in [-0.2, 0) is 9.59 Å². The number of carbonyl (C=O) groups is 2. The Kier molecular flexibility index (Phi) is 6.31. The Morgan fingerprint density at radius 2 is 1.86 bits per heavy atom. The molecule has 5 rings (SSSR count). The maximum absolute atomic E-state index is 13.4. The molecule has 0 radical (unpaired) electrons. The number of nitrogens with zero attached hydrogens (tertiary/aromatic N) is 2. The average molecular weight is 538 g/mol. The van der Waals surface area contributed by atoms with Crippen LogP contribution in [0.4, 0.5) is 5.95 Å². The Morgan fingerprint density at radius 1 is 1.08 bits per heavy atom. The molecule has 1 unspecified atom stereocenters. The van der Waals surface area contributed by atoms with Crippen molar-refractivity contribution in [3.8, 4) is 11.5 Å². The first-order valence-electron chi connectivity index (χ1n) is 11.4. The molecule has 8 nitrogen and oxygen atoms in total. The fraction of sp³-hybridized carbons (Fsp3) is 0.148. The van der Waals surface area contributed by atoms with Crippen molar-refractivity contribution < 1.29 is 24.5 Å². The Labute approximate surface area is 221 Å². The summed E-state index contributed by atoms with van der Waals surface area (Å²) in [5.74, 6) is -2.02. The molecule has 1 aliphatic heterocycles. The van der Waals surface area contributed by atoms with E-state index in [-0.39, 0.29) is 45.2 Å². The number of imidazole rings is 1. The summed E-state index contributed by atoms with van der Waals surface area (Å²) < 4.78 is 5.53. The number of phenols is 1. The number of aliphatic hydroxyl groups excluding tert-OH is 1. The zero-order valence-corrected chi connectivity index (χ0v) is 21.3. The lowest BCUT2D eigenvalue weighted by Crippen LogP contribution is -2.30. The summed E-state index contributed by atoms with van der Waals surface area (Å²) in [6, 6.07) is 13.4. The molecule has 10 heteroatoms. The summed E-state index contributed by atoms with van der Waals surface area (Å²) in [4.78, 5) is 35.7. The number of carbonyl (C=O) groups excluding carboxylic acids is 2. The van der Waals surface area contributed by atoms with Crippen LogP contribution in [0.25, 0.3) is 16.8 Å². The lowest BCUT2D eigenvalue weighted by Gasteiger charge is -2.23. The molecule has 0 bridgehead atoms. The van der Waals surface area contributed by atoms with Crippen LogP contribution in [0.3, 0.4) is 0 Å². The highest BCUT2D eigenvalue weighted by atomic mass is 35.5. The number of aromatic hydroxyl groups is 1. The topological polar surface area (TPSA) is 116 Å². The Balaban J connectivity index is 1.75. The van der Waals surface area contributed by atoms with E-state index < -0.39 is 23.5 Å². The van der Waals surface area contributed by atoms with Crippen LogP contribution in [0.5, 0.6) is 11.5 Å². The van der Waals surface area contributed by atoms with E-state index in [4.69, 9.17) is 27.9 Å². The number of fused-ring (bicyclic) bond motifs is 1. The number of nitrogens with one attached hydrogen (secondary N) is 1. The lowest BCUT2D eigenvalue weighted by atomic mass is 9.95. The first-order chi connectivity index (χ1) is 17.7. The van der Waals surface area contributed by atoms with Gasteiger partial charge < -0.3 is 19.9 Å². The van der Waals surface area contributed by atoms with Gasteiger partial charge in [-0.05, 0) is 67.4 Å². The van der Waals surface area contributed by atoms with Crippen molar-refractivity contribution in [1.82, 2.24) is 9.97 Å². The van der Waals surface area contributed by atoms with Crippen LogP contribution in [0.15, 0.2) is 60.2 Å². The quantitative estimate of drug-likeness (QED) is 0.165. The van der Waals surface area contributed by atoms with Crippen molar-refractivity contribution in [2.75, 3.05) is 11.5 Å². The van der Waals surface area contributed by atoms with Gasteiger partial charge in [0.15, 0.2) is 11.5 Å². The molecule has 1 fully saturated rings. The molecular weight excluding hydrogens is 517 g/mol. The summed E-state index contributed by atoms with van der Waals surface area (Å²) in [6.07, 6.45) is 0. The standard InChI is InChI=1S/C27H21Cl2N3O5/c1-3-37-21-12-14(6-9-20(21)33)23-22(24(34)15-5-7-16(28)17(29)11-15)25(35)26(36)32(23)27-30-18-8-4-13(2)10-19(18)31-27/h4-12,23,33-34H,3H2,1-2H3,(H,30,31)/b24-22+. The largest absolute Gasteiger partial charge is 0.507 e. The van der Waals surface area contributed by atoms with Gasteiger partial charge in [0.25, 0.3) is 5.78 Å². The molecule has 0 spiro atoms. The van der Waals surface area contributed by atoms with Gasteiger partial charge in [0.05, 0.1) is 39.3 Å². The number of aromatic nitrogens is 2. The minimum absolute atomic E-state index is 0.105. The summed E-state index contributed by atoms with van der Waals surface area (Å²) in [5, 5.41) is 22.0. The van der Waals surface area contributed by atoms with E-state index in [2.05, 4.69) is 9.97 Å². The number of aryl methyl sites for hydroxylation is 1. The number of aliphatic hydroxyl groups is 1. The molecule has 3 N–H and O–H groups in total. The third-order valence-electron chi connectivity index (χ3n) is 6.09. The second-order valence-corrected chi connectivity index (χ2v) is 9.35. The predicted molar refractivity (Wildman–Crippen MR) is 141 cm³/mol. The maximum atomic E-state index is 13.4. The smallest absolute Gasteiger partial charge is 0.302 e. The first kappa shape index (κ1) is 24.7. The van der Waals surface area contributed by atoms with Gasteiger partial charge in [-0.3, -0.25) is 14.5 Å². The van der Waals surface area contributed by atoms with Crippen LogP contribution in [0.2, 0.25) is 10.0 Å². The average Bonchev–Trinajstić information content (AvgIpc) is 3.39. The molecule has 1 aromatic heterocycles. The number of amides is 1. The molecule has 2 heterocycles. The number of benzene rings is 3. The number of anilines is 1. The van der Waals surface area contributed by atoms with Gasteiger partial charge >= 0.3 is 5.91 Å². The molecule has 1 saturated heterocycles. The number of ketones is 1. The van der Waals surface area contributed by atoms with E-state index in [1.807, 2.05) is 19.1 Å². The fourth-order valence-electron chi connectivity index (χ4n) is 4.36. The normalized spacial score (nSPS) is 17.1. The SMILES string of the molecule is CCOc1cc(C2/C(=C(\O)c3ccc(Cl)c(Cl)c3)C(=O)C(=O)N2c2nc3ccc(C)cc3[nH]2)ccc1O. The van der Waals surface area contributed by atoms with Crippen LogP contribution in [-0.4, -0.2) is 38.5 Å². The zero-order chi connectivity index (χ0) is 26.4. The highest BCUT2D eigenvalue weighted by Gasteiger charge is 2.48. The first-order valence-corrected chi connectivity index (χ1v) is 12.1. The number of rotatable bonds is 5. The second-order valence-electron chi connectivity index (χ2n) is 8.54. The molecule has 0 saturated carbocycles. The van der Waals surface area contributed by atoms with Crippen LogP contribution in [0, 0.1) is 6.92 Å². The van der Waals surface area contributed by atoms with Crippen molar-refractivity contribution in [3.05, 3.63) is 86.9 Å². The molecule has 3 aromatic carbocycles. The molecule has 37 heavy (non-hydrogen) atoms. The van der Waals surface area contributed by atoms with Gasteiger partial charge in [-0.2, -0.15) is 0 Å². The molecule has 0 aliphatic carbocycles. The summed E-state index contributed by atoms with van der Waals surface area (Å²) in [6.45, 7) is 3.97. The molecule has 1 amide bonds. The highest BCUT2D eigenvalue weighted by Crippen LogP contribution is 2.44. The third-order valence-corrected chi connectivity index (χ3v) is 6.83.